The zero-order valence-corrected chi connectivity index (χ0v) is 18.8. The SMILES string of the molecule is CC1=CCOCC1.O=Cc1ccc(Br)cc1.O=Cc1ccc(C2=CCOCC2)cc1. The summed E-state index contributed by atoms with van der Waals surface area (Å²) in [4.78, 5) is 20.6. The Morgan fingerprint density at radius 1 is 0.767 bits per heavy atom. The van der Waals surface area contributed by atoms with E-state index in [1.54, 1.807) is 12.1 Å². The number of ether oxygens (including phenoxy) is 2. The molecule has 4 rings (SSSR count). The van der Waals surface area contributed by atoms with E-state index in [1.807, 2.05) is 36.4 Å². The highest BCUT2D eigenvalue weighted by molar-refractivity contribution is 9.10. The Balaban J connectivity index is 0.000000173. The van der Waals surface area contributed by atoms with E-state index in [1.165, 1.54) is 16.7 Å². The lowest BCUT2D eigenvalue weighted by Gasteiger charge is -2.13. The van der Waals surface area contributed by atoms with Crippen molar-refractivity contribution in [3.63, 3.8) is 0 Å². The van der Waals surface area contributed by atoms with Gasteiger partial charge in [-0.15, -0.1) is 0 Å². The number of benzene rings is 2. The zero-order chi connectivity index (χ0) is 21.6. The molecule has 0 aromatic heterocycles. The molecule has 0 N–H and O–H groups in total. The van der Waals surface area contributed by atoms with Crippen molar-refractivity contribution in [2.75, 3.05) is 26.4 Å². The number of halogens is 1. The lowest BCUT2D eigenvalue weighted by molar-refractivity contribution is 0.111. The first kappa shape index (κ1) is 23.9. The summed E-state index contributed by atoms with van der Waals surface area (Å²) in [5.41, 5.74) is 5.40. The molecule has 0 unspecified atom stereocenters. The topological polar surface area (TPSA) is 52.6 Å². The largest absolute Gasteiger partial charge is 0.377 e. The summed E-state index contributed by atoms with van der Waals surface area (Å²) in [6.07, 6.45) is 8.00. The third kappa shape index (κ3) is 8.99. The van der Waals surface area contributed by atoms with Gasteiger partial charge in [0.2, 0.25) is 0 Å². The Morgan fingerprint density at radius 2 is 1.30 bits per heavy atom. The fourth-order valence-electron chi connectivity index (χ4n) is 2.73. The van der Waals surface area contributed by atoms with Crippen LogP contribution in [0.3, 0.4) is 0 Å². The van der Waals surface area contributed by atoms with Crippen LogP contribution in [0.2, 0.25) is 0 Å². The maximum Gasteiger partial charge on any atom is 0.150 e. The molecule has 2 aromatic carbocycles. The zero-order valence-electron chi connectivity index (χ0n) is 17.2. The van der Waals surface area contributed by atoms with Crippen molar-refractivity contribution < 1.29 is 19.1 Å². The van der Waals surface area contributed by atoms with E-state index < -0.39 is 0 Å². The first-order valence-corrected chi connectivity index (χ1v) is 10.7. The summed E-state index contributed by atoms with van der Waals surface area (Å²) in [6, 6.07) is 14.9. The van der Waals surface area contributed by atoms with Gasteiger partial charge < -0.3 is 9.47 Å². The highest BCUT2D eigenvalue weighted by atomic mass is 79.9. The van der Waals surface area contributed by atoms with Crippen LogP contribution in [0.1, 0.15) is 46.0 Å². The molecule has 0 fully saturated rings. The molecule has 2 heterocycles. The molecule has 2 aliphatic rings. The number of carbonyl (C=O) groups is 2. The van der Waals surface area contributed by atoms with Crippen LogP contribution in [0.15, 0.2) is 70.7 Å². The molecule has 2 aliphatic heterocycles. The highest BCUT2D eigenvalue weighted by Crippen LogP contribution is 2.21. The van der Waals surface area contributed by atoms with Gasteiger partial charge in [0.05, 0.1) is 26.4 Å². The minimum absolute atomic E-state index is 0.699. The van der Waals surface area contributed by atoms with E-state index >= 15 is 0 Å². The second-order valence-corrected chi connectivity index (χ2v) is 7.75. The number of hydrogen-bond acceptors (Lipinski definition) is 4. The van der Waals surface area contributed by atoms with Crippen molar-refractivity contribution in [1.29, 1.82) is 0 Å². The van der Waals surface area contributed by atoms with Crippen molar-refractivity contribution in [3.05, 3.63) is 87.4 Å². The molecule has 0 atom stereocenters. The predicted molar refractivity (Wildman–Crippen MR) is 124 cm³/mol. The van der Waals surface area contributed by atoms with Crippen LogP contribution < -0.4 is 0 Å². The smallest absolute Gasteiger partial charge is 0.150 e. The molecule has 0 saturated heterocycles. The lowest BCUT2D eigenvalue weighted by Crippen LogP contribution is -2.03. The van der Waals surface area contributed by atoms with Gasteiger partial charge in [0, 0.05) is 15.6 Å². The number of rotatable bonds is 3. The standard InChI is InChI=1S/C12H12O2.C7H5BrO.C6H10O/c13-9-10-1-3-11(4-2-10)12-5-7-14-8-6-12;8-7-3-1-6(5-9)2-4-7;1-6-2-4-7-5-3-6/h1-5,9H,6-8H2;1-5H;2H,3-5H2,1H3. The molecule has 0 radical (unpaired) electrons. The van der Waals surface area contributed by atoms with Gasteiger partial charge in [-0.05, 0) is 43.0 Å². The van der Waals surface area contributed by atoms with E-state index in [4.69, 9.17) is 9.47 Å². The second kappa shape index (κ2) is 13.8. The van der Waals surface area contributed by atoms with Crippen molar-refractivity contribution in [2.45, 2.75) is 19.8 Å². The Labute approximate surface area is 186 Å². The number of aldehydes is 2. The van der Waals surface area contributed by atoms with E-state index in [2.05, 4.69) is 35.0 Å². The number of carbonyl (C=O) groups excluding carboxylic acids is 2. The maximum absolute atomic E-state index is 10.5. The predicted octanol–water partition coefficient (Wildman–Crippen LogP) is 5.92. The first-order valence-electron chi connectivity index (χ1n) is 9.89. The summed E-state index contributed by atoms with van der Waals surface area (Å²) in [5.74, 6) is 0. The average molecular weight is 471 g/mol. The Hall–Kier alpha value is -2.34. The molecule has 0 aliphatic carbocycles. The molecule has 0 amide bonds. The quantitative estimate of drug-likeness (QED) is 0.412. The Bertz CT molecular complexity index is 852. The van der Waals surface area contributed by atoms with Gasteiger partial charge in [0.25, 0.3) is 0 Å². The maximum atomic E-state index is 10.5. The molecular weight excluding hydrogens is 444 g/mol. The molecular formula is C25H27BrO4. The van der Waals surface area contributed by atoms with Crippen molar-refractivity contribution in [3.8, 4) is 0 Å². The van der Waals surface area contributed by atoms with E-state index in [-0.39, 0.29) is 0 Å². The van der Waals surface area contributed by atoms with Crippen LogP contribution in [0.4, 0.5) is 0 Å². The summed E-state index contributed by atoms with van der Waals surface area (Å²) < 4.78 is 11.3. The average Bonchev–Trinajstić information content (AvgIpc) is 2.82. The van der Waals surface area contributed by atoms with E-state index in [0.717, 1.165) is 55.3 Å². The Morgan fingerprint density at radius 3 is 1.70 bits per heavy atom. The molecule has 0 bridgehead atoms. The molecule has 5 heteroatoms. The molecule has 0 saturated carbocycles. The third-order valence-corrected chi connectivity index (χ3v) is 5.11. The second-order valence-electron chi connectivity index (χ2n) is 6.84. The van der Waals surface area contributed by atoms with Gasteiger partial charge in [-0.3, -0.25) is 9.59 Å². The monoisotopic (exact) mass is 470 g/mol. The summed E-state index contributed by atoms with van der Waals surface area (Å²) >= 11 is 3.26. The summed E-state index contributed by atoms with van der Waals surface area (Å²) in [6.45, 7) is 5.38. The summed E-state index contributed by atoms with van der Waals surface area (Å²) in [7, 11) is 0. The molecule has 158 valence electrons. The van der Waals surface area contributed by atoms with Gasteiger partial charge in [0.1, 0.15) is 12.6 Å². The molecule has 0 spiro atoms. The number of hydrogen-bond donors (Lipinski definition) is 0. The van der Waals surface area contributed by atoms with Gasteiger partial charge in [-0.2, -0.15) is 0 Å². The van der Waals surface area contributed by atoms with Gasteiger partial charge in [-0.25, -0.2) is 0 Å². The van der Waals surface area contributed by atoms with Gasteiger partial charge in [0.15, 0.2) is 0 Å². The highest BCUT2D eigenvalue weighted by Gasteiger charge is 2.05. The molecule has 30 heavy (non-hydrogen) atoms. The van der Waals surface area contributed by atoms with Crippen LogP contribution in [0, 0.1) is 0 Å². The minimum Gasteiger partial charge on any atom is -0.377 e. The minimum atomic E-state index is 0.699. The van der Waals surface area contributed by atoms with Gasteiger partial charge in [-0.1, -0.05) is 70.1 Å². The van der Waals surface area contributed by atoms with Crippen LogP contribution in [-0.2, 0) is 9.47 Å². The normalized spacial score (nSPS) is 15.3. The van der Waals surface area contributed by atoms with Crippen LogP contribution in [0.25, 0.3) is 5.57 Å². The van der Waals surface area contributed by atoms with E-state index in [9.17, 15) is 9.59 Å². The Kier molecular flexibility index (Phi) is 11.0. The molecule has 2 aromatic rings. The van der Waals surface area contributed by atoms with Crippen LogP contribution in [0.5, 0.6) is 0 Å². The lowest BCUT2D eigenvalue weighted by atomic mass is 10.0. The first-order chi connectivity index (χ1) is 14.6. The van der Waals surface area contributed by atoms with Crippen molar-refractivity contribution >= 4 is 34.1 Å². The van der Waals surface area contributed by atoms with Crippen molar-refractivity contribution in [2.24, 2.45) is 0 Å². The van der Waals surface area contributed by atoms with E-state index in [0.29, 0.717) is 12.2 Å². The fourth-order valence-corrected chi connectivity index (χ4v) is 2.99. The summed E-state index contributed by atoms with van der Waals surface area (Å²) in [5, 5.41) is 0. The van der Waals surface area contributed by atoms with Crippen LogP contribution in [-0.4, -0.2) is 39.0 Å². The van der Waals surface area contributed by atoms with Crippen LogP contribution >= 0.6 is 15.9 Å². The van der Waals surface area contributed by atoms with Gasteiger partial charge >= 0.3 is 0 Å². The third-order valence-electron chi connectivity index (χ3n) is 4.58. The fraction of sp³-hybridized carbons (Fsp3) is 0.280. The molecule has 4 nitrogen and oxygen atoms in total. The van der Waals surface area contributed by atoms with Crippen molar-refractivity contribution in [1.82, 2.24) is 0 Å².